The van der Waals surface area contributed by atoms with Crippen molar-refractivity contribution in [2.45, 2.75) is 23.9 Å². The number of primary amides is 1. The highest BCUT2D eigenvalue weighted by Gasteiger charge is 2.15. The number of carbonyl (C=O) groups excluding carboxylic acids is 1. The van der Waals surface area contributed by atoms with E-state index in [1.165, 1.54) is 11.8 Å². The highest BCUT2D eigenvalue weighted by molar-refractivity contribution is 14.1. The van der Waals surface area contributed by atoms with Crippen LogP contribution in [0.1, 0.15) is 32.9 Å². The number of nitrogens with zero attached hydrogens (tertiary/aromatic N) is 4. The zero-order valence-corrected chi connectivity index (χ0v) is 22.0. The van der Waals surface area contributed by atoms with Crippen LogP contribution in [0.15, 0.2) is 58.6 Å². The van der Waals surface area contributed by atoms with E-state index in [0.717, 1.165) is 16.8 Å². The predicted molar refractivity (Wildman–Crippen MR) is 140 cm³/mol. The SMILES string of the molecule is NC(=O)c1ccc(Cn2cc(CSc3nc(Cc4c(Cl)cccc4Cl)c(I)c(=O)[nH]3)nn2)cc1. The van der Waals surface area contributed by atoms with Gasteiger partial charge in [-0.25, -0.2) is 9.67 Å². The van der Waals surface area contributed by atoms with Gasteiger partial charge in [-0.05, 0) is 58.0 Å². The van der Waals surface area contributed by atoms with Gasteiger partial charge >= 0.3 is 0 Å². The number of hydrogen-bond acceptors (Lipinski definition) is 6. The molecule has 0 spiro atoms. The standard InChI is InChI=1S/C22H17Cl2IN6O2S/c23-16-2-1-3-17(24)15(16)8-18-19(25)21(33)28-22(27-18)34-11-14-10-31(30-29-14)9-12-4-6-13(7-5-12)20(26)32/h1-7,10H,8-9,11H2,(H2,26,32)(H,27,28,33). The molecule has 0 bridgehead atoms. The second kappa shape index (κ2) is 10.9. The van der Waals surface area contributed by atoms with E-state index in [2.05, 4.69) is 20.3 Å². The molecule has 8 nitrogen and oxygen atoms in total. The van der Waals surface area contributed by atoms with Crippen LogP contribution >= 0.6 is 57.6 Å². The van der Waals surface area contributed by atoms with E-state index in [1.807, 2.05) is 40.9 Å². The lowest BCUT2D eigenvalue weighted by molar-refractivity contribution is 0.100. The number of nitrogens with two attached hydrogens (primary N) is 1. The fourth-order valence-corrected chi connectivity index (χ4v) is 4.86. The quantitative estimate of drug-likeness (QED) is 0.171. The first kappa shape index (κ1) is 24.7. The van der Waals surface area contributed by atoms with Crippen molar-refractivity contribution in [2.24, 2.45) is 5.73 Å². The molecule has 0 aliphatic carbocycles. The average molecular weight is 627 g/mol. The van der Waals surface area contributed by atoms with Crippen LogP contribution in [-0.4, -0.2) is 30.9 Å². The van der Waals surface area contributed by atoms with Gasteiger partial charge in [0, 0.05) is 34.0 Å². The first-order valence-corrected chi connectivity index (χ1v) is 12.7. The Morgan fingerprint density at radius 3 is 2.53 bits per heavy atom. The maximum Gasteiger partial charge on any atom is 0.265 e. The van der Waals surface area contributed by atoms with E-state index >= 15 is 0 Å². The van der Waals surface area contributed by atoms with Gasteiger partial charge in [-0.15, -0.1) is 5.10 Å². The van der Waals surface area contributed by atoms with Crippen molar-refractivity contribution in [3.05, 3.63) is 101 Å². The monoisotopic (exact) mass is 626 g/mol. The average Bonchev–Trinajstić information content (AvgIpc) is 3.25. The minimum atomic E-state index is -0.466. The zero-order chi connectivity index (χ0) is 24.2. The van der Waals surface area contributed by atoms with E-state index in [9.17, 15) is 9.59 Å². The molecule has 0 unspecified atom stereocenters. The molecule has 2 aromatic carbocycles. The molecule has 2 heterocycles. The van der Waals surface area contributed by atoms with Gasteiger partial charge in [0.15, 0.2) is 5.16 Å². The number of benzene rings is 2. The summed E-state index contributed by atoms with van der Waals surface area (Å²) in [5.41, 5.74) is 8.52. The van der Waals surface area contributed by atoms with Crippen molar-refractivity contribution in [3.8, 4) is 0 Å². The van der Waals surface area contributed by atoms with Gasteiger partial charge in [0.25, 0.3) is 5.56 Å². The molecule has 0 aliphatic heterocycles. The third-order valence-corrected chi connectivity index (χ3v) is 7.57. The highest BCUT2D eigenvalue weighted by atomic mass is 127. The molecular weight excluding hydrogens is 610 g/mol. The highest BCUT2D eigenvalue weighted by Crippen LogP contribution is 2.28. The molecule has 0 saturated carbocycles. The van der Waals surface area contributed by atoms with Crippen LogP contribution in [0.4, 0.5) is 0 Å². The topological polar surface area (TPSA) is 120 Å². The molecule has 174 valence electrons. The van der Waals surface area contributed by atoms with E-state index < -0.39 is 5.91 Å². The number of aromatic amines is 1. The van der Waals surface area contributed by atoms with Gasteiger partial charge < -0.3 is 10.7 Å². The summed E-state index contributed by atoms with van der Waals surface area (Å²) in [4.78, 5) is 31.1. The molecule has 0 radical (unpaired) electrons. The predicted octanol–water partition coefficient (Wildman–Crippen LogP) is 4.30. The van der Waals surface area contributed by atoms with Crippen LogP contribution in [0.25, 0.3) is 0 Å². The molecule has 12 heteroatoms. The van der Waals surface area contributed by atoms with Crippen molar-refractivity contribution in [3.63, 3.8) is 0 Å². The van der Waals surface area contributed by atoms with E-state index in [4.69, 9.17) is 28.9 Å². The summed E-state index contributed by atoms with van der Waals surface area (Å²) in [5, 5.41) is 9.86. The molecule has 4 rings (SSSR count). The second-order valence-electron chi connectivity index (χ2n) is 7.27. The Morgan fingerprint density at radius 1 is 1.15 bits per heavy atom. The van der Waals surface area contributed by atoms with Crippen molar-refractivity contribution in [1.29, 1.82) is 0 Å². The fourth-order valence-electron chi connectivity index (χ4n) is 3.12. The Kier molecular flexibility index (Phi) is 7.91. The van der Waals surface area contributed by atoms with Crippen LogP contribution < -0.4 is 11.3 Å². The molecule has 2 aromatic heterocycles. The first-order valence-electron chi connectivity index (χ1n) is 9.92. The number of aromatic nitrogens is 5. The van der Waals surface area contributed by atoms with Gasteiger partial charge in [-0.3, -0.25) is 9.59 Å². The van der Waals surface area contributed by atoms with Crippen LogP contribution in [0.3, 0.4) is 0 Å². The zero-order valence-electron chi connectivity index (χ0n) is 17.5. The normalized spacial score (nSPS) is 11.0. The minimum absolute atomic E-state index is 0.223. The summed E-state index contributed by atoms with van der Waals surface area (Å²) in [6, 6.07) is 12.3. The number of amides is 1. The molecule has 1 amide bonds. The van der Waals surface area contributed by atoms with Crippen molar-refractivity contribution < 1.29 is 4.79 Å². The summed E-state index contributed by atoms with van der Waals surface area (Å²) < 4.78 is 2.19. The molecular formula is C22H17Cl2IN6O2S. The van der Waals surface area contributed by atoms with E-state index in [0.29, 0.717) is 48.7 Å². The number of nitrogens with one attached hydrogen (secondary N) is 1. The summed E-state index contributed by atoms with van der Waals surface area (Å²) in [6.07, 6.45) is 2.17. The maximum absolute atomic E-state index is 12.5. The lowest BCUT2D eigenvalue weighted by atomic mass is 10.1. The molecule has 0 saturated heterocycles. The molecule has 0 fully saturated rings. The molecule has 0 aliphatic rings. The van der Waals surface area contributed by atoms with Gasteiger partial charge in [0.05, 0.1) is 17.9 Å². The van der Waals surface area contributed by atoms with Crippen molar-refractivity contribution >= 4 is 63.5 Å². The largest absolute Gasteiger partial charge is 0.366 e. The van der Waals surface area contributed by atoms with Crippen LogP contribution in [0.5, 0.6) is 0 Å². The van der Waals surface area contributed by atoms with Crippen LogP contribution in [-0.2, 0) is 18.7 Å². The third-order valence-electron chi connectivity index (χ3n) is 4.84. The molecule has 3 N–H and O–H groups in total. The summed E-state index contributed by atoms with van der Waals surface area (Å²) >= 11 is 15.9. The number of hydrogen-bond donors (Lipinski definition) is 2. The second-order valence-corrected chi connectivity index (χ2v) is 10.1. The van der Waals surface area contributed by atoms with Gasteiger partial charge in [-0.2, -0.15) is 0 Å². The lowest BCUT2D eigenvalue weighted by Crippen LogP contribution is -2.16. The Hall–Kier alpha value is -2.41. The summed E-state index contributed by atoms with van der Waals surface area (Å²) in [6.45, 7) is 0.498. The van der Waals surface area contributed by atoms with Crippen molar-refractivity contribution in [2.75, 3.05) is 0 Å². The molecule has 34 heavy (non-hydrogen) atoms. The van der Waals surface area contributed by atoms with E-state index in [1.54, 1.807) is 35.0 Å². The maximum atomic E-state index is 12.5. The number of thioether (sulfide) groups is 1. The number of carbonyl (C=O) groups is 1. The third kappa shape index (κ3) is 5.98. The van der Waals surface area contributed by atoms with E-state index in [-0.39, 0.29) is 5.56 Å². The Bertz CT molecular complexity index is 1390. The number of halogens is 3. The van der Waals surface area contributed by atoms with Gasteiger partial charge in [-0.1, -0.05) is 58.4 Å². The molecule has 4 aromatic rings. The number of H-pyrrole nitrogens is 1. The summed E-state index contributed by atoms with van der Waals surface area (Å²) in [7, 11) is 0. The Balaban J connectivity index is 1.44. The van der Waals surface area contributed by atoms with Gasteiger partial charge in [0.2, 0.25) is 5.91 Å². The molecule has 0 atom stereocenters. The van der Waals surface area contributed by atoms with Crippen LogP contribution in [0, 0.1) is 3.57 Å². The first-order chi connectivity index (χ1) is 16.3. The van der Waals surface area contributed by atoms with Crippen LogP contribution in [0.2, 0.25) is 10.0 Å². The lowest BCUT2D eigenvalue weighted by Gasteiger charge is -2.09. The fraction of sp³-hybridized carbons (Fsp3) is 0.136. The Morgan fingerprint density at radius 2 is 1.85 bits per heavy atom. The van der Waals surface area contributed by atoms with Gasteiger partial charge in [0.1, 0.15) is 3.57 Å². The smallest absolute Gasteiger partial charge is 0.265 e. The Labute approximate surface area is 222 Å². The van der Waals surface area contributed by atoms with Crippen molar-refractivity contribution in [1.82, 2.24) is 25.0 Å². The number of rotatable bonds is 8. The minimum Gasteiger partial charge on any atom is -0.366 e. The summed E-state index contributed by atoms with van der Waals surface area (Å²) in [5.74, 6) is 0.00293.